The smallest absolute Gasteiger partial charge is 0.252 e. The number of thioether (sulfide) groups is 1. The molecule has 0 aromatic heterocycles. The number of nitrogens with two attached hydrogens (primary N) is 1. The van der Waals surface area contributed by atoms with E-state index in [1.54, 1.807) is 29.2 Å². The summed E-state index contributed by atoms with van der Waals surface area (Å²) in [6.45, 7) is 5.12. The minimum Gasteiger partial charge on any atom is -0.343 e. The molecule has 1 aromatic carbocycles. The lowest BCUT2D eigenvalue weighted by molar-refractivity contribution is -0.128. The highest BCUT2D eigenvalue weighted by Crippen LogP contribution is 2.14. The number of benzene rings is 1. The lowest BCUT2D eigenvalue weighted by Gasteiger charge is -2.35. The van der Waals surface area contributed by atoms with E-state index in [0.29, 0.717) is 18.7 Å². The van der Waals surface area contributed by atoms with E-state index in [-0.39, 0.29) is 23.5 Å². The molecule has 0 saturated carbocycles. The van der Waals surface area contributed by atoms with Gasteiger partial charge < -0.3 is 21.3 Å². The molecule has 1 aliphatic rings. The van der Waals surface area contributed by atoms with Crippen molar-refractivity contribution in [2.45, 2.75) is 31.6 Å². The van der Waals surface area contributed by atoms with Crippen LogP contribution in [0.1, 0.15) is 24.2 Å². The molecular formula is C17H24BrN5O3S. The lowest BCUT2D eigenvalue weighted by atomic mass is 10.1. The van der Waals surface area contributed by atoms with Crippen LogP contribution in [0.15, 0.2) is 28.7 Å². The Labute approximate surface area is 171 Å². The fourth-order valence-electron chi connectivity index (χ4n) is 2.59. The van der Waals surface area contributed by atoms with Gasteiger partial charge in [0.15, 0.2) is 0 Å². The number of amides is 3. The van der Waals surface area contributed by atoms with Crippen molar-refractivity contribution in [3.63, 3.8) is 0 Å². The van der Waals surface area contributed by atoms with Crippen LogP contribution < -0.4 is 21.7 Å². The van der Waals surface area contributed by atoms with Crippen LogP contribution in [0, 0.1) is 0 Å². The van der Waals surface area contributed by atoms with Crippen LogP contribution in [0.5, 0.6) is 0 Å². The molecule has 0 spiro atoms. The molecule has 1 aliphatic heterocycles. The van der Waals surface area contributed by atoms with Crippen molar-refractivity contribution in [2.75, 3.05) is 18.8 Å². The van der Waals surface area contributed by atoms with Gasteiger partial charge in [0.05, 0.1) is 11.9 Å². The van der Waals surface area contributed by atoms with Crippen molar-refractivity contribution in [1.29, 1.82) is 0 Å². The number of carbonyl (C=O) groups excluding carboxylic acids is 3. The number of hydrogen-bond donors (Lipinski definition) is 4. The van der Waals surface area contributed by atoms with Gasteiger partial charge >= 0.3 is 0 Å². The number of hydrogen-bond acceptors (Lipinski definition) is 6. The van der Waals surface area contributed by atoms with Crippen LogP contribution >= 0.6 is 27.7 Å². The van der Waals surface area contributed by atoms with Crippen LogP contribution in [0.2, 0.25) is 0 Å². The second kappa shape index (κ2) is 10.1. The SMILES string of the molecule is CCN(CC)C(=O)CSC1NC(=O)C(NC(=O)c2ccc(Br)cc2)C(N)N1. The topological polar surface area (TPSA) is 117 Å². The minimum absolute atomic E-state index is 0.000264. The Kier molecular flexibility index (Phi) is 8.08. The molecule has 2 rings (SSSR count). The van der Waals surface area contributed by atoms with Gasteiger partial charge in [-0.2, -0.15) is 0 Å². The summed E-state index contributed by atoms with van der Waals surface area (Å²) in [5, 5.41) is 8.38. The molecule has 5 N–H and O–H groups in total. The normalized spacial score (nSPS) is 22.1. The van der Waals surface area contributed by atoms with Gasteiger partial charge in [-0.25, -0.2) is 0 Å². The Morgan fingerprint density at radius 3 is 2.44 bits per heavy atom. The zero-order chi connectivity index (χ0) is 20.0. The number of nitrogens with one attached hydrogen (secondary N) is 3. The molecule has 1 fully saturated rings. The summed E-state index contributed by atoms with van der Waals surface area (Å²) in [6.07, 6.45) is -0.765. The molecule has 27 heavy (non-hydrogen) atoms. The van der Waals surface area contributed by atoms with Crippen molar-refractivity contribution in [3.05, 3.63) is 34.3 Å². The quantitative estimate of drug-likeness (QED) is 0.471. The highest BCUT2D eigenvalue weighted by molar-refractivity contribution is 9.10. The molecule has 0 radical (unpaired) electrons. The summed E-state index contributed by atoms with van der Waals surface area (Å²) in [6, 6.07) is 5.88. The first kappa shape index (κ1) is 21.7. The third-order valence-electron chi connectivity index (χ3n) is 4.14. The van der Waals surface area contributed by atoms with Crippen LogP contribution in [0.25, 0.3) is 0 Å². The highest BCUT2D eigenvalue weighted by atomic mass is 79.9. The Balaban J connectivity index is 1.89. The maximum absolute atomic E-state index is 12.4. The molecule has 148 valence electrons. The Morgan fingerprint density at radius 1 is 1.26 bits per heavy atom. The van der Waals surface area contributed by atoms with Gasteiger partial charge in [0.25, 0.3) is 5.91 Å². The zero-order valence-electron chi connectivity index (χ0n) is 15.2. The first-order valence-electron chi connectivity index (χ1n) is 8.63. The van der Waals surface area contributed by atoms with Crippen molar-refractivity contribution in [2.24, 2.45) is 5.73 Å². The van der Waals surface area contributed by atoms with E-state index >= 15 is 0 Å². The van der Waals surface area contributed by atoms with Crippen molar-refractivity contribution in [3.8, 4) is 0 Å². The summed E-state index contributed by atoms with van der Waals surface area (Å²) in [5.41, 5.74) is 5.96. The first-order valence-corrected chi connectivity index (χ1v) is 10.5. The molecule has 1 saturated heterocycles. The number of rotatable bonds is 7. The number of nitrogens with zero attached hydrogens (tertiary/aromatic N) is 1. The van der Waals surface area contributed by atoms with Crippen LogP contribution in [-0.2, 0) is 9.59 Å². The summed E-state index contributed by atoms with van der Waals surface area (Å²) in [4.78, 5) is 38.5. The predicted octanol–water partition coefficient (Wildman–Crippen LogP) is 0.437. The fourth-order valence-corrected chi connectivity index (χ4v) is 3.80. The molecular weight excluding hydrogens is 434 g/mol. The molecule has 1 heterocycles. The summed E-state index contributed by atoms with van der Waals surface area (Å²) in [7, 11) is 0. The van der Waals surface area contributed by atoms with Crippen molar-refractivity contribution < 1.29 is 14.4 Å². The van der Waals surface area contributed by atoms with Crippen molar-refractivity contribution in [1.82, 2.24) is 20.9 Å². The predicted molar refractivity (Wildman–Crippen MR) is 109 cm³/mol. The van der Waals surface area contributed by atoms with E-state index in [2.05, 4.69) is 31.9 Å². The largest absolute Gasteiger partial charge is 0.343 e. The monoisotopic (exact) mass is 457 g/mol. The van der Waals surface area contributed by atoms with Crippen molar-refractivity contribution >= 4 is 45.4 Å². The molecule has 3 unspecified atom stereocenters. The highest BCUT2D eigenvalue weighted by Gasteiger charge is 2.35. The second-order valence-electron chi connectivity index (χ2n) is 5.92. The second-order valence-corrected chi connectivity index (χ2v) is 7.93. The van der Waals surface area contributed by atoms with E-state index in [4.69, 9.17) is 5.73 Å². The Hall–Kier alpha value is -1.62. The average Bonchev–Trinajstić information content (AvgIpc) is 2.64. The third kappa shape index (κ3) is 5.93. The van der Waals surface area contributed by atoms with Gasteiger partial charge in [-0.05, 0) is 38.1 Å². The molecule has 1 aromatic rings. The fraction of sp³-hybridized carbons (Fsp3) is 0.471. The molecule has 0 bridgehead atoms. The van der Waals surface area contributed by atoms with Gasteiger partial charge in [-0.3, -0.25) is 19.7 Å². The van der Waals surface area contributed by atoms with Crippen LogP contribution in [0.4, 0.5) is 0 Å². The molecule has 8 nitrogen and oxygen atoms in total. The van der Waals surface area contributed by atoms with Gasteiger partial charge in [0.2, 0.25) is 11.8 Å². The molecule has 3 atom stereocenters. The van der Waals surface area contributed by atoms with Gasteiger partial charge in [-0.15, -0.1) is 11.8 Å². The molecule has 0 aliphatic carbocycles. The summed E-state index contributed by atoms with van der Waals surface area (Å²) >= 11 is 4.57. The Bertz CT molecular complexity index is 684. The Morgan fingerprint density at radius 2 is 1.89 bits per heavy atom. The molecule has 3 amide bonds. The van der Waals surface area contributed by atoms with Gasteiger partial charge in [0.1, 0.15) is 11.5 Å². The average molecular weight is 458 g/mol. The van der Waals surface area contributed by atoms with E-state index in [1.165, 1.54) is 11.8 Å². The van der Waals surface area contributed by atoms with Gasteiger partial charge in [-0.1, -0.05) is 15.9 Å². The lowest BCUT2D eigenvalue weighted by Crippen LogP contribution is -2.70. The number of carbonyl (C=O) groups is 3. The zero-order valence-corrected chi connectivity index (χ0v) is 17.6. The maximum Gasteiger partial charge on any atom is 0.252 e. The van der Waals surface area contributed by atoms with E-state index in [1.807, 2.05) is 13.8 Å². The van der Waals surface area contributed by atoms with Crippen LogP contribution in [-0.4, -0.2) is 59.2 Å². The van der Waals surface area contributed by atoms with E-state index in [0.717, 1.165) is 4.47 Å². The first-order chi connectivity index (χ1) is 12.8. The van der Waals surface area contributed by atoms with Gasteiger partial charge in [0, 0.05) is 23.1 Å². The standard InChI is InChI=1S/C17H24BrN5O3S/c1-3-23(4-2)12(24)9-27-17-21-14(19)13(16(26)22-17)20-15(25)10-5-7-11(18)8-6-10/h5-8,13-14,17,21H,3-4,9,19H2,1-2H3,(H,20,25)(H,22,26). The summed E-state index contributed by atoms with van der Waals surface area (Å²) in [5.74, 6) is -0.551. The van der Waals surface area contributed by atoms with E-state index < -0.39 is 17.7 Å². The minimum atomic E-state index is -0.906. The van der Waals surface area contributed by atoms with E-state index in [9.17, 15) is 14.4 Å². The molecule has 10 heteroatoms. The number of halogens is 1. The third-order valence-corrected chi connectivity index (χ3v) is 5.67. The summed E-state index contributed by atoms with van der Waals surface area (Å²) < 4.78 is 0.854. The maximum atomic E-state index is 12.4. The van der Waals surface area contributed by atoms with Crippen LogP contribution in [0.3, 0.4) is 0 Å².